The van der Waals surface area contributed by atoms with Crippen molar-refractivity contribution >= 4 is 41.0 Å². The molecule has 6 heteroatoms. The van der Waals surface area contributed by atoms with Crippen molar-refractivity contribution in [1.29, 1.82) is 0 Å². The Morgan fingerprint density at radius 1 is 1.28 bits per heavy atom. The summed E-state index contributed by atoms with van der Waals surface area (Å²) in [6.07, 6.45) is 2.88. The molecule has 0 radical (unpaired) electrons. The lowest BCUT2D eigenvalue weighted by atomic mass is 10.2. The second kappa shape index (κ2) is 7.72. The third-order valence-corrected chi connectivity index (χ3v) is 3.27. The molecule has 0 aromatic heterocycles. The molecule has 1 aromatic rings. The van der Waals surface area contributed by atoms with Gasteiger partial charge in [-0.1, -0.05) is 43.0 Å². The molecule has 1 aromatic carbocycles. The van der Waals surface area contributed by atoms with Crippen LogP contribution in [0.1, 0.15) is 36.5 Å². The summed E-state index contributed by atoms with van der Waals surface area (Å²) in [5, 5.41) is 0.351. The molecular formula is C12H13Cl3O3. The van der Waals surface area contributed by atoms with E-state index in [1.165, 1.54) is 12.1 Å². The van der Waals surface area contributed by atoms with Gasteiger partial charge < -0.3 is 9.03 Å². The Morgan fingerprint density at radius 2 is 2.00 bits per heavy atom. The average Bonchev–Trinajstić information content (AvgIpc) is 2.37. The topological polar surface area (TPSA) is 35.5 Å². The van der Waals surface area contributed by atoms with E-state index in [1.807, 2.05) is 0 Å². The zero-order chi connectivity index (χ0) is 13.5. The van der Waals surface area contributed by atoms with Crippen molar-refractivity contribution in [2.45, 2.75) is 26.2 Å². The molecule has 0 bridgehead atoms. The van der Waals surface area contributed by atoms with Gasteiger partial charge in [-0.15, -0.1) is 0 Å². The second-order valence-corrected chi connectivity index (χ2v) is 4.60. The fourth-order valence-corrected chi connectivity index (χ4v) is 1.91. The first kappa shape index (κ1) is 15.4. The minimum Gasteiger partial charge on any atom is -0.462 e. The van der Waals surface area contributed by atoms with Gasteiger partial charge in [-0.05, 0) is 18.6 Å². The Labute approximate surface area is 121 Å². The summed E-state index contributed by atoms with van der Waals surface area (Å²) in [6, 6.07) is 2.96. The molecule has 0 aliphatic heterocycles. The molecular weight excluding hydrogens is 298 g/mol. The molecule has 0 fully saturated rings. The van der Waals surface area contributed by atoms with Gasteiger partial charge in [0.05, 0.1) is 11.6 Å². The number of benzene rings is 1. The highest BCUT2D eigenvalue weighted by molar-refractivity contribution is 6.43. The van der Waals surface area contributed by atoms with Crippen molar-refractivity contribution in [3.05, 3.63) is 27.7 Å². The predicted molar refractivity (Wildman–Crippen MR) is 72.8 cm³/mol. The normalized spacial score (nSPS) is 10.2. The molecule has 3 nitrogen and oxygen atoms in total. The third-order valence-electron chi connectivity index (χ3n) is 2.33. The van der Waals surface area contributed by atoms with Crippen LogP contribution in [0, 0.1) is 0 Å². The number of carbonyl (C=O) groups excluding carboxylic acids is 1. The quantitative estimate of drug-likeness (QED) is 0.555. The summed E-state index contributed by atoms with van der Waals surface area (Å²) >= 11 is 17.0. The summed E-state index contributed by atoms with van der Waals surface area (Å²) in [7, 11) is 0. The van der Waals surface area contributed by atoms with E-state index in [9.17, 15) is 4.79 Å². The van der Waals surface area contributed by atoms with Crippen LogP contribution < -0.4 is 4.29 Å². The fourth-order valence-electron chi connectivity index (χ4n) is 1.36. The molecule has 0 aliphatic carbocycles. The van der Waals surface area contributed by atoms with Crippen molar-refractivity contribution < 1.29 is 13.8 Å². The standard InChI is InChI=1S/C12H13Cl3O3/c1-2-3-4-7-17-12(16)8-5-6-9(13)10(14)11(8)18-15/h5-6H,2-4,7H2,1H3. The molecule has 0 spiro atoms. The van der Waals surface area contributed by atoms with E-state index >= 15 is 0 Å². The average molecular weight is 312 g/mol. The molecule has 0 saturated heterocycles. The number of halogens is 3. The molecule has 0 N–H and O–H groups in total. The zero-order valence-corrected chi connectivity index (χ0v) is 12.1. The highest BCUT2D eigenvalue weighted by Crippen LogP contribution is 2.36. The maximum Gasteiger partial charge on any atom is 0.342 e. The Balaban J connectivity index is 2.76. The van der Waals surface area contributed by atoms with Crippen LogP contribution in [-0.2, 0) is 4.74 Å². The maximum absolute atomic E-state index is 11.8. The van der Waals surface area contributed by atoms with Gasteiger partial charge in [0, 0.05) is 0 Å². The molecule has 0 atom stereocenters. The number of carbonyl (C=O) groups is 1. The smallest absolute Gasteiger partial charge is 0.342 e. The van der Waals surface area contributed by atoms with Crippen LogP contribution >= 0.6 is 35.1 Å². The van der Waals surface area contributed by atoms with Gasteiger partial charge in [0.15, 0.2) is 5.75 Å². The number of hydrogen-bond donors (Lipinski definition) is 0. The van der Waals surface area contributed by atoms with E-state index in [0.29, 0.717) is 6.61 Å². The van der Waals surface area contributed by atoms with Gasteiger partial charge in [-0.2, -0.15) is 0 Å². The van der Waals surface area contributed by atoms with Gasteiger partial charge in [-0.3, -0.25) is 0 Å². The molecule has 0 aliphatic rings. The van der Waals surface area contributed by atoms with Gasteiger partial charge in [0.2, 0.25) is 0 Å². The monoisotopic (exact) mass is 310 g/mol. The molecule has 0 heterocycles. The van der Waals surface area contributed by atoms with Crippen LogP contribution in [0.3, 0.4) is 0 Å². The van der Waals surface area contributed by atoms with Crippen LogP contribution in [0.2, 0.25) is 10.0 Å². The SMILES string of the molecule is CCCCCOC(=O)c1ccc(Cl)c(Cl)c1OCl. The Kier molecular flexibility index (Phi) is 6.61. The first-order chi connectivity index (χ1) is 8.61. The van der Waals surface area contributed by atoms with Crippen LogP contribution in [-0.4, -0.2) is 12.6 Å². The molecule has 1 rings (SSSR count). The number of rotatable bonds is 6. The number of esters is 1. The first-order valence-electron chi connectivity index (χ1n) is 5.55. The van der Waals surface area contributed by atoms with Crippen LogP contribution in [0.5, 0.6) is 5.75 Å². The van der Waals surface area contributed by atoms with Crippen LogP contribution in [0.25, 0.3) is 0 Å². The molecule has 0 saturated carbocycles. The minimum absolute atomic E-state index is 0.0197. The van der Waals surface area contributed by atoms with E-state index in [4.69, 9.17) is 39.8 Å². The molecule has 100 valence electrons. The molecule has 18 heavy (non-hydrogen) atoms. The summed E-state index contributed by atoms with van der Waals surface area (Å²) in [5.41, 5.74) is 0.163. The Bertz CT molecular complexity index is 421. The summed E-state index contributed by atoms with van der Waals surface area (Å²) in [4.78, 5) is 11.8. The van der Waals surface area contributed by atoms with Crippen molar-refractivity contribution in [2.75, 3.05) is 6.61 Å². The van der Waals surface area contributed by atoms with Crippen molar-refractivity contribution in [3.63, 3.8) is 0 Å². The first-order valence-corrected chi connectivity index (χ1v) is 6.62. The number of ether oxygens (including phenoxy) is 1. The second-order valence-electron chi connectivity index (χ2n) is 3.66. The maximum atomic E-state index is 11.8. The summed E-state index contributed by atoms with van der Waals surface area (Å²) in [6.45, 7) is 2.43. The molecule has 0 unspecified atom stereocenters. The summed E-state index contributed by atoms with van der Waals surface area (Å²) in [5.74, 6) is -0.508. The van der Waals surface area contributed by atoms with Gasteiger partial charge in [-0.25, -0.2) is 4.79 Å². The Morgan fingerprint density at radius 3 is 2.61 bits per heavy atom. The van der Waals surface area contributed by atoms with E-state index in [2.05, 4.69) is 11.2 Å². The zero-order valence-electron chi connectivity index (χ0n) is 9.84. The van der Waals surface area contributed by atoms with Crippen molar-refractivity contribution in [2.24, 2.45) is 0 Å². The van der Waals surface area contributed by atoms with Crippen LogP contribution in [0.15, 0.2) is 12.1 Å². The minimum atomic E-state index is -0.527. The lowest BCUT2D eigenvalue weighted by Gasteiger charge is -2.09. The largest absolute Gasteiger partial charge is 0.462 e. The number of unbranched alkanes of at least 4 members (excludes halogenated alkanes) is 2. The Hall–Kier alpha value is -0.640. The van der Waals surface area contributed by atoms with E-state index in [-0.39, 0.29) is 21.4 Å². The fraction of sp³-hybridized carbons (Fsp3) is 0.417. The van der Waals surface area contributed by atoms with Crippen LogP contribution in [0.4, 0.5) is 0 Å². The van der Waals surface area contributed by atoms with E-state index in [1.54, 1.807) is 0 Å². The number of hydrogen-bond acceptors (Lipinski definition) is 3. The third kappa shape index (κ3) is 3.94. The highest BCUT2D eigenvalue weighted by Gasteiger charge is 2.19. The highest BCUT2D eigenvalue weighted by atomic mass is 35.5. The lowest BCUT2D eigenvalue weighted by Crippen LogP contribution is -2.08. The lowest BCUT2D eigenvalue weighted by molar-refractivity contribution is 0.0496. The molecule has 0 amide bonds. The van der Waals surface area contributed by atoms with Gasteiger partial charge in [0.1, 0.15) is 22.5 Å². The van der Waals surface area contributed by atoms with Crippen molar-refractivity contribution in [3.8, 4) is 5.75 Å². The van der Waals surface area contributed by atoms with E-state index < -0.39 is 5.97 Å². The van der Waals surface area contributed by atoms with Gasteiger partial charge >= 0.3 is 5.97 Å². The van der Waals surface area contributed by atoms with Crippen molar-refractivity contribution in [1.82, 2.24) is 0 Å². The predicted octanol–water partition coefficient (Wildman–Crippen LogP) is 4.87. The summed E-state index contributed by atoms with van der Waals surface area (Å²) < 4.78 is 9.65. The van der Waals surface area contributed by atoms with E-state index in [0.717, 1.165) is 19.3 Å². The van der Waals surface area contributed by atoms with Gasteiger partial charge in [0.25, 0.3) is 0 Å².